The van der Waals surface area contributed by atoms with Crippen LogP contribution in [0.1, 0.15) is 34.3 Å². The lowest BCUT2D eigenvalue weighted by molar-refractivity contribution is -0.192. The minimum Gasteiger partial charge on any atom is -0.475 e. The van der Waals surface area contributed by atoms with Crippen molar-refractivity contribution in [2.45, 2.75) is 32.1 Å². The van der Waals surface area contributed by atoms with E-state index in [9.17, 15) is 18.0 Å². The fourth-order valence-corrected chi connectivity index (χ4v) is 3.68. The molecule has 11 heteroatoms. The molecule has 3 heterocycles. The normalized spacial score (nSPS) is 15.8. The SMILES string of the molecule is Cc1c(C(=O)N2Cc3ccnn3C(CCN(C)C)C2)oc2ccccc12.O=C(O)C(F)(F)F. The molecular formula is C22H25F3N4O4. The zero-order chi connectivity index (χ0) is 24.3. The van der Waals surface area contributed by atoms with Gasteiger partial charge in [-0.25, -0.2) is 4.79 Å². The van der Waals surface area contributed by atoms with Crippen molar-refractivity contribution in [3.63, 3.8) is 0 Å². The van der Waals surface area contributed by atoms with Gasteiger partial charge in [0, 0.05) is 23.7 Å². The zero-order valence-electron chi connectivity index (χ0n) is 18.5. The summed E-state index contributed by atoms with van der Waals surface area (Å²) < 4.78 is 39.7. The van der Waals surface area contributed by atoms with Gasteiger partial charge < -0.3 is 19.3 Å². The fraction of sp³-hybridized carbons (Fsp3) is 0.409. The van der Waals surface area contributed by atoms with E-state index >= 15 is 0 Å². The van der Waals surface area contributed by atoms with Crippen molar-refractivity contribution < 1.29 is 32.3 Å². The number of carboxylic acids is 1. The molecule has 1 unspecified atom stereocenters. The molecule has 1 aliphatic heterocycles. The van der Waals surface area contributed by atoms with Gasteiger partial charge in [-0.2, -0.15) is 18.3 Å². The molecule has 0 aliphatic carbocycles. The lowest BCUT2D eigenvalue weighted by atomic mass is 10.1. The molecule has 0 saturated heterocycles. The topological polar surface area (TPSA) is 91.8 Å². The Morgan fingerprint density at radius 2 is 1.91 bits per heavy atom. The van der Waals surface area contributed by atoms with Crippen LogP contribution >= 0.6 is 0 Å². The fourth-order valence-electron chi connectivity index (χ4n) is 3.68. The number of carboxylic acid groups (broad SMARTS) is 1. The van der Waals surface area contributed by atoms with Crippen LogP contribution in [0.25, 0.3) is 11.0 Å². The quantitative estimate of drug-likeness (QED) is 0.630. The summed E-state index contributed by atoms with van der Waals surface area (Å²) in [6, 6.07) is 9.98. The average molecular weight is 466 g/mol. The summed E-state index contributed by atoms with van der Waals surface area (Å²) in [5.74, 6) is -2.35. The minimum absolute atomic E-state index is 0.0407. The maximum Gasteiger partial charge on any atom is 0.490 e. The van der Waals surface area contributed by atoms with Crippen LogP contribution in [0, 0.1) is 6.92 Å². The van der Waals surface area contributed by atoms with Crippen molar-refractivity contribution in [3.8, 4) is 0 Å². The van der Waals surface area contributed by atoms with Crippen molar-refractivity contribution in [2.24, 2.45) is 0 Å². The maximum absolute atomic E-state index is 13.2. The van der Waals surface area contributed by atoms with E-state index in [4.69, 9.17) is 14.3 Å². The van der Waals surface area contributed by atoms with Crippen LogP contribution in [-0.4, -0.2) is 69.9 Å². The molecule has 33 heavy (non-hydrogen) atoms. The predicted molar refractivity (Wildman–Crippen MR) is 114 cm³/mol. The first-order chi connectivity index (χ1) is 15.5. The molecule has 1 atom stereocenters. The van der Waals surface area contributed by atoms with Crippen LogP contribution in [-0.2, 0) is 11.3 Å². The number of furan rings is 1. The average Bonchev–Trinajstić information content (AvgIpc) is 3.36. The standard InChI is InChI=1S/C20H24N4O2.C2HF3O2/c1-14-17-6-4-5-7-18(17)26-19(14)20(25)23-12-15-8-10-21-24(15)16(13-23)9-11-22(2)3;3-2(4,5)1(6)7/h4-8,10,16H,9,11-13H2,1-3H3;(H,6,7). The summed E-state index contributed by atoms with van der Waals surface area (Å²) in [5.41, 5.74) is 2.75. The summed E-state index contributed by atoms with van der Waals surface area (Å²) in [4.78, 5) is 26.1. The van der Waals surface area contributed by atoms with E-state index in [0.29, 0.717) is 18.8 Å². The van der Waals surface area contributed by atoms with Crippen LogP contribution < -0.4 is 0 Å². The van der Waals surface area contributed by atoms with Crippen molar-refractivity contribution in [1.82, 2.24) is 19.6 Å². The molecule has 3 aromatic rings. The van der Waals surface area contributed by atoms with Crippen LogP contribution in [0.3, 0.4) is 0 Å². The number of aryl methyl sites for hydroxylation is 1. The number of para-hydroxylation sites is 1. The zero-order valence-corrected chi connectivity index (χ0v) is 18.5. The van der Waals surface area contributed by atoms with E-state index in [0.717, 1.165) is 35.2 Å². The summed E-state index contributed by atoms with van der Waals surface area (Å²) in [5, 5.41) is 12.6. The third-order valence-electron chi connectivity index (χ3n) is 5.36. The smallest absolute Gasteiger partial charge is 0.475 e. The summed E-state index contributed by atoms with van der Waals surface area (Å²) in [6.07, 6.45) is -2.32. The molecule has 4 rings (SSSR count). The van der Waals surface area contributed by atoms with E-state index in [2.05, 4.69) is 28.8 Å². The van der Waals surface area contributed by atoms with Crippen LogP contribution in [0.4, 0.5) is 13.2 Å². The second-order valence-corrected chi connectivity index (χ2v) is 8.05. The van der Waals surface area contributed by atoms with Gasteiger partial charge in [0.1, 0.15) is 5.58 Å². The number of hydrogen-bond acceptors (Lipinski definition) is 5. The number of carbonyl (C=O) groups is 2. The Balaban J connectivity index is 0.000000383. The first-order valence-electron chi connectivity index (χ1n) is 10.2. The Hall–Kier alpha value is -3.34. The molecular weight excluding hydrogens is 441 g/mol. The number of aromatic nitrogens is 2. The van der Waals surface area contributed by atoms with E-state index < -0.39 is 12.1 Å². The summed E-state index contributed by atoms with van der Waals surface area (Å²) in [6.45, 7) is 4.12. The third-order valence-corrected chi connectivity index (χ3v) is 5.36. The highest BCUT2D eigenvalue weighted by Crippen LogP contribution is 2.29. The Morgan fingerprint density at radius 3 is 2.52 bits per heavy atom. The molecule has 1 amide bonds. The molecule has 0 radical (unpaired) electrons. The lowest BCUT2D eigenvalue weighted by Gasteiger charge is -2.34. The number of aliphatic carboxylic acids is 1. The molecule has 178 valence electrons. The van der Waals surface area contributed by atoms with Crippen LogP contribution in [0.5, 0.6) is 0 Å². The largest absolute Gasteiger partial charge is 0.490 e. The van der Waals surface area contributed by atoms with Gasteiger partial charge in [-0.1, -0.05) is 18.2 Å². The monoisotopic (exact) mass is 466 g/mol. The highest BCUT2D eigenvalue weighted by atomic mass is 19.4. The van der Waals surface area contributed by atoms with Gasteiger partial charge in [0.05, 0.1) is 18.3 Å². The molecule has 1 aromatic carbocycles. The number of rotatable bonds is 4. The molecule has 0 spiro atoms. The second kappa shape index (κ2) is 9.65. The molecule has 1 N–H and O–H groups in total. The number of hydrogen-bond donors (Lipinski definition) is 1. The molecule has 8 nitrogen and oxygen atoms in total. The maximum atomic E-state index is 13.2. The van der Waals surface area contributed by atoms with Gasteiger partial charge in [-0.15, -0.1) is 0 Å². The van der Waals surface area contributed by atoms with E-state index in [1.54, 1.807) is 0 Å². The highest BCUT2D eigenvalue weighted by Gasteiger charge is 2.38. The lowest BCUT2D eigenvalue weighted by Crippen LogP contribution is -2.42. The number of alkyl halides is 3. The number of carbonyl (C=O) groups excluding carboxylic acids is 1. The first-order valence-corrected chi connectivity index (χ1v) is 10.2. The summed E-state index contributed by atoms with van der Waals surface area (Å²) >= 11 is 0. The van der Waals surface area contributed by atoms with E-state index in [1.165, 1.54) is 0 Å². The van der Waals surface area contributed by atoms with Gasteiger partial charge in [0.15, 0.2) is 5.76 Å². The Labute approximate surface area is 188 Å². The van der Waals surface area contributed by atoms with Crippen LogP contribution in [0.2, 0.25) is 0 Å². The summed E-state index contributed by atoms with van der Waals surface area (Å²) in [7, 11) is 4.13. The molecule has 2 aromatic heterocycles. The van der Waals surface area contributed by atoms with Gasteiger partial charge in [0.25, 0.3) is 5.91 Å². The highest BCUT2D eigenvalue weighted by molar-refractivity contribution is 5.98. The Morgan fingerprint density at radius 1 is 1.24 bits per heavy atom. The molecule has 0 saturated carbocycles. The van der Waals surface area contributed by atoms with E-state index in [-0.39, 0.29) is 11.9 Å². The molecule has 0 bridgehead atoms. The third kappa shape index (κ3) is 5.54. The first kappa shape index (κ1) is 24.3. The van der Waals surface area contributed by atoms with Gasteiger partial charge in [0.2, 0.25) is 0 Å². The predicted octanol–water partition coefficient (Wildman–Crippen LogP) is 3.72. The number of fused-ring (bicyclic) bond motifs is 2. The number of halogens is 3. The van der Waals surface area contributed by atoms with Crippen molar-refractivity contribution in [2.75, 3.05) is 27.2 Å². The Bertz CT molecular complexity index is 1140. The van der Waals surface area contributed by atoms with Crippen molar-refractivity contribution >= 4 is 22.8 Å². The second-order valence-electron chi connectivity index (χ2n) is 8.05. The van der Waals surface area contributed by atoms with Crippen molar-refractivity contribution in [1.29, 1.82) is 0 Å². The number of benzene rings is 1. The number of amides is 1. The van der Waals surface area contributed by atoms with E-state index in [1.807, 2.05) is 48.4 Å². The minimum atomic E-state index is -5.08. The molecule has 1 aliphatic rings. The van der Waals surface area contributed by atoms with Gasteiger partial charge in [-0.05, 0) is 46.1 Å². The van der Waals surface area contributed by atoms with Gasteiger partial charge >= 0.3 is 12.1 Å². The van der Waals surface area contributed by atoms with Crippen LogP contribution in [0.15, 0.2) is 40.9 Å². The van der Waals surface area contributed by atoms with Crippen molar-refractivity contribution in [3.05, 3.63) is 53.5 Å². The molecule has 0 fully saturated rings. The Kier molecular flexibility index (Phi) is 7.11. The number of nitrogens with zero attached hydrogens (tertiary/aromatic N) is 4. The van der Waals surface area contributed by atoms with Gasteiger partial charge in [-0.3, -0.25) is 9.48 Å².